The molecule has 0 unspecified atom stereocenters. The monoisotopic (exact) mass is 293 g/mol. The Hall–Kier alpha value is -2.55. The van der Waals surface area contributed by atoms with Crippen LogP contribution in [0.4, 0.5) is 0 Å². The van der Waals surface area contributed by atoms with E-state index in [9.17, 15) is 4.79 Å². The Bertz CT molecular complexity index is 674. The van der Waals surface area contributed by atoms with Gasteiger partial charge in [0.25, 0.3) is 0 Å². The number of allylic oxidation sites excluding steroid dienone is 1. The molecule has 0 amide bonds. The number of hydrogen-bond acceptors (Lipinski definition) is 3. The van der Waals surface area contributed by atoms with Crippen molar-refractivity contribution in [3.05, 3.63) is 71.8 Å². The van der Waals surface area contributed by atoms with Crippen LogP contribution in [0, 0.1) is 0 Å². The van der Waals surface area contributed by atoms with Crippen molar-refractivity contribution in [1.82, 2.24) is 4.90 Å². The summed E-state index contributed by atoms with van der Waals surface area (Å²) in [6, 6.07) is 18.2. The highest BCUT2D eigenvalue weighted by molar-refractivity contribution is 5.98. The molecule has 3 nitrogen and oxygen atoms in total. The number of ether oxygens (including phenoxy) is 1. The number of nitrogens with zero attached hydrogens (tertiary/aromatic N) is 1. The standard InChI is InChI=1S/C19H19NO2/c1-22-18-9-7-16(8-10-18)19-13-17(21)11-12-20(19)14-15-5-3-2-4-6-15/h2-10,13H,11-12,14H2,1H3. The first-order chi connectivity index (χ1) is 10.8. The van der Waals surface area contributed by atoms with Crippen molar-refractivity contribution < 1.29 is 9.53 Å². The number of benzene rings is 2. The van der Waals surface area contributed by atoms with Gasteiger partial charge in [-0.25, -0.2) is 0 Å². The third-order valence-electron chi connectivity index (χ3n) is 3.87. The molecule has 0 fully saturated rings. The van der Waals surface area contributed by atoms with E-state index < -0.39 is 0 Å². The lowest BCUT2D eigenvalue weighted by atomic mass is 10.0. The van der Waals surface area contributed by atoms with Gasteiger partial charge >= 0.3 is 0 Å². The molecule has 0 bridgehead atoms. The fraction of sp³-hybridized carbons (Fsp3) is 0.211. The molecule has 0 spiro atoms. The fourth-order valence-corrected chi connectivity index (χ4v) is 2.68. The zero-order valence-corrected chi connectivity index (χ0v) is 12.7. The lowest BCUT2D eigenvalue weighted by Crippen LogP contribution is -2.28. The summed E-state index contributed by atoms with van der Waals surface area (Å²) in [7, 11) is 1.65. The summed E-state index contributed by atoms with van der Waals surface area (Å²) < 4.78 is 5.20. The van der Waals surface area contributed by atoms with E-state index in [-0.39, 0.29) is 5.78 Å². The lowest BCUT2D eigenvalue weighted by Gasteiger charge is -2.30. The predicted octanol–water partition coefficient (Wildman–Crippen LogP) is 3.51. The molecule has 0 aromatic heterocycles. The third kappa shape index (κ3) is 3.19. The Balaban J connectivity index is 1.88. The van der Waals surface area contributed by atoms with Crippen LogP contribution in [0.2, 0.25) is 0 Å². The minimum absolute atomic E-state index is 0.190. The highest BCUT2D eigenvalue weighted by Crippen LogP contribution is 2.27. The van der Waals surface area contributed by atoms with Crippen LogP contribution in [0.15, 0.2) is 60.7 Å². The topological polar surface area (TPSA) is 29.5 Å². The zero-order chi connectivity index (χ0) is 15.4. The molecule has 1 aliphatic heterocycles. The van der Waals surface area contributed by atoms with Crippen LogP contribution in [0.5, 0.6) is 5.75 Å². The molecule has 2 aromatic carbocycles. The summed E-state index contributed by atoms with van der Waals surface area (Å²) in [4.78, 5) is 14.1. The van der Waals surface area contributed by atoms with Gasteiger partial charge in [-0.15, -0.1) is 0 Å². The van der Waals surface area contributed by atoms with Gasteiger partial charge in [0, 0.05) is 31.3 Å². The van der Waals surface area contributed by atoms with Crippen molar-refractivity contribution in [3.8, 4) is 5.75 Å². The van der Waals surface area contributed by atoms with Gasteiger partial charge in [0.1, 0.15) is 5.75 Å². The third-order valence-corrected chi connectivity index (χ3v) is 3.87. The second-order valence-corrected chi connectivity index (χ2v) is 5.38. The quantitative estimate of drug-likeness (QED) is 0.864. The molecule has 112 valence electrons. The van der Waals surface area contributed by atoms with E-state index in [0.29, 0.717) is 6.42 Å². The van der Waals surface area contributed by atoms with E-state index >= 15 is 0 Å². The number of methoxy groups -OCH3 is 1. The van der Waals surface area contributed by atoms with Crippen LogP contribution < -0.4 is 4.74 Å². The molecule has 22 heavy (non-hydrogen) atoms. The first kappa shape index (κ1) is 14.4. The molecule has 1 heterocycles. The molecule has 0 N–H and O–H groups in total. The Kier molecular flexibility index (Phi) is 4.24. The smallest absolute Gasteiger partial charge is 0.159 e. The van der Waals surface area contributed by atoms with E-state index in [4.69, 9.17) is 4.74 Å². The Morgan fingerprint density at radius 1 is 1.05 bits per heavy atom. The molecule has 3 rings (SSSR count). The first-order valence-electron chi connectivity index (χ1n) is 7.44. The summed E-state index contributed by atoms with van der Waals surface area (Å²) in [6.07, 6.45) is 2.33. The Morgan fingerprint density at radius 3 is 2.45 bits per heavy atom. The van der Waals surface area contributed by atoms with Gasteiger partial charge in [-0.3, -0.25) is 4.79 Å². The molecule has 0 aliphatic carbocycles. The summed E-state index contributed by atoms with van der Waals surface area (Å²) in [5.74, 6) is 1.01. The van der Waals surface area contributed by atoms with Crippen LogP contribution in [0.3, 0.4) is 0 Å². The summed E-state index contributed by atoms with van der Waals surface area (Å²) in [5, 5.41) is 0. The number of ketones is 1. The maximum absolute atomic E-state index is 11.8. The highest BCUT2D eigenvalue weighted by Gasteiger charge is 2.19. The van der Waals surface area contributed by atoms with Crippen molar-refractivity contribution in [3.63, 3.8) is 0 Å². The van der Waals surface area contributed by atoms with Crippen LogP contribution in [0.1, 0.15) is 17.5 Å². The van der Waals surface area contributed by atoms with E-state index in [1.807, 2.05) is 42.5 Å². The van der Waals surface area contributed by atoms with Crippen molar-refractivity contribution in [2.24, 2.45) is 0 Å². The maximum atomic E-state index is 11.8. The first-order valence-corrected chi connectivity index (χ1v) is 7.44. The molecule has 2 aromatic rings. The van der Waals surface area contributed by atoms with Gasteiger partial charge in [0.2, 0.25) is 0 Å². The largest absolute Gasteiger partial charge is 0.497 e. The normalized spacial score (nSPS) is 14.7. The van der Waals surface area contributed by atoms with Crippen molar-refractivity contribution >= 4 is 11.5 Å². The minimum atomic E-state index is 0.190. The molecule has 0 saturated carbocycles. The number of hydrogen-bond donors (Lipinski definition) is 0. The fourth-order valence-electron chi connectivity index (χ4n) is 2.68. The second-order valence-electron chi connectivity index (χ2n) is 5.38. The molecule has 0 radical (unpaired) electrons. The maximum Gasteiger partial charge on any atom is 0.159 e. The van der Waals surface area contributed by atoms with Gasteiger partial charge in [-0.1, -0.05) is 30.3 Å². The van der Waals surface area contributed by atoms with E-state index in [0.717, 1.165) is 30.1 Å². The van der Waals surface area contributed by atoms with E-state index in [2.05, 4.69) is 17.0 Å². The number of carbonyl (C=O) groups excluding carboxylic acids is 1. The molecular weight excluding hydrogens is 274 g/mol. The van der Waals surface area contributed by atoms with Gasteiger partial charge in [-0.2, -0.15) is 0 Å². The minimum Gasteiger partial charge on any atom is -0.497 e. The summed E-state index contributed by atoms with van der Waals surface area (Å²) >= 11 is 0. The lowest BCUT2D eigenvalue weighted by molar-refractivity contribution is -0.115. The Morgan fingerprint density at radius 2 is 1.77 bits per heavy atom. The summed E-state index contributed by atoms with van der Waals surface area (Å²) in [5.41, 5.74) is 3.28. The average Bonchev–Trinajstić information content (AvgIpc) is 2.57. The van der Waals surface area contributed by atoms with Gasteiger partial charge in [-0.05, 0) is 35.4 Å². The van der Waals surface area contributed by atoms with E-state index in [1.54, 1.807) is 13.2 Å². The van der Waals surface area contributed by atoms with Crippen LogP contribution >= 0.6 is 0 Å². The van der Waals surface area contributed by atoms with Gasteiger partial charge < -0.3 is 9.64 Å². The highest BCUT2D eigenvalue weighted by atomic mass is 16.5. The van der Waals surface area contributed by atoms with Crippen molar-refractivity contribution in [1.29, 1.82) is 0 Å². The molecular formula is C19H19NO2. The second kappa shape index (κ2) is 6.48. The molecule has 3 heteroatoms. The SMILES string of the molecule is COc1ccc(C2=CC(=O)CCN2Cc2ccccc2)cc1. The summed E-state index contributed by atoms with van der Waals surface area (Å²) in [6.45, 7) is 1.57. The molecule has 1 aliphatic rings. The van der Waals surface area contributed by atoms with Gasteiger partial charge in [0.05, 0.1) is 7.11 Å². The zero-order valence-electron chi connectivity index (χ0n) is 12.7. The van der Waals surface area contributed by atoms with E-state index in [1.165, 1.54) is 5.56 Å². The van der Waals surface area contributed by atoms with Crippen LogP contribution in [-0.4, -0.2) is 24.3 Å². The average molecular weight is 293 g/mol. The van der Waals surface area contributed by atoms with Gasteiger partial charge in [0.15, 0.2) is 5.78 Å². The molecule has 0 saturated heterocycles. The molecule has 0 atom stereocenters. The number of rotatable bonds is 4. The van der Waals surface area contributed by atoms with Crippen molar-refractivity contribution in [2.75, 3.05) is 13.7 Å². The predicted molar refractivity (Wildman–Crippen MR) is 87.4 cm³/mol. The number of carbonyl (C=O) groups is 1. The van der Waals surface area contributed by atoms with Crippen LogP contribution in [-0.2, 0) is 11.3 Å². The Labute approximate surface area is 130 Å². The van der Waals surface area contributed by atoms with Crippen LogP contribution in [0.25, 0.3) is 5.70 Å². The van der Waals surface area contributed by atoms with Crippen molar-refractivity contribution in [2.45, 2.75) is 13.0 Å².